The van der Waals surface area contributed by atoms with Crippen molar-refractivity contribution in [2.24, 2.45) is 0 Å². The zero-order valence-corrected chi connectivity index (χ0v) is 13.4. The molecular formula is C14H9F4N5O4. The molecule has 13 heteroatoms. The summed E-state index contributed by atoms with van der Waals surface area (Å²) in [4.78, 5) is 15.4. The first kappa shape index (κ1) is 18.3. The molecule has 0 saturated carbocycles. The molecule has 0 aliphatic carbocycles. The lowest BCUT2D eigenvalue weighted by molar-refractivity contribution is -0.647. The lowest BCUT2D eigenvalue weighted by atomic mass is 10.2. The van der Waals surface area contributed by atoms with E-state index in [0.29, 0.717) is 12.1 Å². The van der Waals surface area contributed by atoms with E-state index in [1.807, 2.05) is 0 Å². The van der Waals surface area contributed by atoms with Gasteiger partial charge in [0, 0.05) is 6.07 Å². The molecular weight excluding hydrogens is 378 g/mol. The Morgan fingerprint density at radius 2 is 1.93 bits per heavy atom. The van der Waals surface area contributed by atoms with Gasteiger partial charge in [-0.2, -0.15) is 18.3 Å². The van der Waals surface area contributed by atoms with Crippen LogP contribution in [0.5, 0.6) is 0 Å². The van der Waals surface area contributed by atoms with Crippen LogP contribution < -0.4 is 9.46 Å². The van der Waals surface area contributed by atoms with Crippen LogP contribution in [0.4, 0.5) is 17.6 Å². The van der Waals surface area contributed by atoms with E-state index in [-0.39, 0.29) is 6.61 Å². The molecule has 0 saturated heterocycles. The molecule has 2 heterocycles. The van der Waals surface area contributed by atoms with Crippen molar-refractivity contribution in [3.63, 3.8) is 0 Å². The molecule has 0 aliphatic heterocycles. The van der Waals surface area contributed by atoms with Crippen LogP contribution in [0.2, 0.25) is 0 Å². The zero-order valence-electron chi connectivity index (χ0n) is 13.4. The molecule has 0 N–H and O–H groups in total. The van der Waals surface area contributed by atoms with Crippen molar-refractivity contribution in [1.29, 1.82) is 0 Å². The van der Waals surface area contributed by atoms with Gasteiger partial charge in [-0.3, -0.25) is 0 Å². The van der Waals surface area contributed by atoms with Gasteiger partial charge in [0.15, 0.2) is 5.82 Å². The highest BCUT2D eigenvalue weighted by atomic mass is 19.4. The first-order valence-corrected chi connectivity index (χ1v) is 7.28. The maximum Gasteiger partial charge on any atom is 0.486 e. The Kier molecular flexibility index (Phi) is 4.29. The molecule has 9 nitrogen and oxygen atoms in total. The van der Waals surface area contributed by atoms with Gasteiger partial charge in [0.1, 0.15) is 18.3 Å². The van der Waals surface area contributed by atoms with E-state index < -0.39 is 55.5 Å². The molecule has 0 amide bonds. The van der Waals surface area contributed by atoms with Crippen LogP contribution in [0.15, 0.2) is 24.8 Å². The number of rotatable bonds is 3. The largest absolute Gasteiger partial charge is 0.618 e. The first-order chi connectivity index (χ1) is 12.7. The van der Waals surface area contributed by atoms with Crippen molar-refractivity contribution in [3.05, 3.63) is 52.4 Å². The van der Waals surface area contributed by atoms with E-state index in [4.69, 9.17) is 0 Å². The number of carbonyl (C=O) groups is 1. The molecule has 0 aliphatic rings. The number of ether oxygens (including phenoxy) is 1. The fourth-order valence-electron chi connectivity index (χ4n) is 2.44. The van der Waals surface area contributed by atoms with Gasteiger partial charge in [0.25, 0.3) is 11.0 Å². The molecule has 0 radical (unpaired) electrons. The smallest absolute Gasteiger partial charge is 0.486 e. The van der Waals surface area contributed by atoms with E-state index in [1.165, 1.54) is 6.92 Å². The molecule has 142 valence electrons. The molecule has 3 aromatic rings. The molecule has 0 bridgehead atoms. The van der Waals surface area contributed by atoms with Crippen LogP contribution >= 0.6 is 0 Å². The lowest BCUT2D eigenvalue weighted by Crippen LogP contribution is -2.50. The third-order valence-electron chi connectivity index (χ3n) is 3.51. The summed E-state index contributed by atoms with van der Waals surface area (Å²) in [6, 6.07) is 1.22. The van der Waals surface area contributed by atoms with Gasteiger partial charge in [0.05, 0.1) is 12.7 Å². The summed E-state index contributed by atoms with van der Waals surface area (Å²) < 4.78 is 58.6. The Morgan fingerprint density at radius 3 is 2.48 bits per heavy atom. The molecule has 0 spiro atoms. The normalized spacial score (nSPS) is 11.7. The summed E-state index contributed by atoms with van der Waals surface area (Å²) >= 11 is 0. The maximum absolute atomic E-state index is 14.3. The van der Waals surface area contributed by atoms with Crippen molar-refractivity contribution < 1.29 is 36.6 Å². The summed E-state index contributed by atoms with van der Waals surface area (Å²) in [5, 5.41) is 28.4. The van der Waals surface area contributed by atoms with Gasteiger partial charge in [-0.05, 0) is 6.92 Å². The Labute approximate surface area is 147 Å². The highest BCUT2D eigenvalue weighted by Crippen LogP contribution is 2.30. The molecule has 3 rings (SSSR count). The molecule has 2 aromatic heterocycles. The number of alkyl halides is 3. The Balaban J connectivity index is 2.43. The maximum atomic E-state index is 14.3. The third-order valence-corrected chi connectivity index (χ3v) is 3.51. The van der Waals surface area contributed by atoms with Crippen LogP contribution in [0.3, 0.4) is 0 Å². The van der Waals surface area contributed by atoms with Crippen LogP contribution in [-0.2, 0) is 10.9 Å². The van der Waals surface area contributed by atoms with Gasteiger partial charge in [-0.1, -0.05) is 0 Å². The minimum absolute atomic E-state index is 0.341. The number of halogens is 4. The second kappa shape index (κ2) is 6.34. The Bertz CT molecular complexity index is 1040. The minimum atomic E-state index is -5.36. The van der Waals surface area contributed by atoms with Gasteiger partial charge in [-0.25, -0.2) is 18.9 Å². The van der Waals surface area contributed by atoms with E-state index in [2.05, 4.69) is 14.8 Å². The fourth-order valence-corrected chi connectivity index (χ4v) is 2.44. The second-order valence-electron chi connectivity index (χ2n) is 5.14. The molecule has 27 heavy (non-hydrogen) atoms. The standard InChI is InChI=1S/C14H9F4N5O4/c1-2-27-13(24)11-12(14(16,17)18)23(26)10-4-8(21-6-19-5-20-21)7(15)3-9(10)22(11)25/h3-6H,2H2,1H3. The van der Waals surface area contributed by atoms with E-state index in [1.54, 1.807) is 0 Å². The van der Waals surface area contributed by atoms with Gasteiger partial charge in [-0.15, -0.1) is 9.46 Å². The number of hydrogen-bond donors (Lipinski definition) is 0. The summed E-state index contributed by atoms with van der Waals surface area (Å²) in [6.45, 7) is 0.962. The summed E-state index contributed by atoms with van der Waals surface area (Å²) in [7, 11) is 0. The molecule has 0 atom stereocenters. The molecule has 0 unspecified atom stereocenters. The average Bonchev–Trinajstić information content (AvgIpc) is 3.10. The molecule has 0 fully saturated rings. The SMILES string of the molecule is CCOC(=O)c1c(C(F)(F)F)[n+]([O-])c2cc(-n3cncn3)c(F)cc2[n+]1[O-]. The van der Waals surface area contributed by atoms with Crippen molar-refractivity contribution in [3.8, 4) is 5.69 Å². The minimum Gasteiger partial charge on any atom is -0.618 e. The second-order valence-corrected chi connectivity index (χ2v) is 5.14. The van der Waals surface area contributed by atoms with Crippen LogP contribution in [-0.4, -0.2) is 27.3 Å². The van der Waals surface area contributed by atoms with Crippen LogP contribution in [0, 0.1) is 16.2 Å². The first-order valence-electron chi connectivity index (χ1n) is 7.28. The number of nitrogens with zero attached hydrogens (tertiary/aromatic N) is 5. The summed E-state index contributed by atoms with van der Waals surface area (Å²) in [6.07, 6.45) is -3.28. The van der Waals surface area contributed by atoms with Crippen molar-refractivity contribution in [2.75, 3.05) is 6.61 Å². The van der Waals surface area contributed by atoms with E-state index in [0.717, 1.165) is 17.3 Å². The van der Waals surface area contributed by atoms with Crippen LogP contribution in [0.25, 0.3) is 16.7 Å². The number of hydrogen-bond acceptors (Lipinski definition) is 6. The number of carbonyl (C=O) groups excluding carboxylic acids is 1. The van der Waals surface area contributed by atoms with Crippen LogP contribution in [0.1, 0.15) is 23.1 Å². The third kappa shape index (κ3) is 2.96. The highest BCUT2D eigenvalue weighted by Gasteiger charge is 2.52. The predicted molar refractivity (Wildman–Crippen MR) is 77.7 cm³/mol. The zero-order chi connectivity index (χ0) is 19.9. The van der Waals surface area contributed by atoms with Crippen molar-refractivity contribution in [2.45, 2.75) is 13.1 Å². The van der Waals surface area contributed by atoms with E-state index in [9.17, 15) is 32.8 Å². The monoisotopic (exact) mass is 387 g/mol. The van der Waals surface area contributed by atoms with Gasteiger partial charge in [0.2, 0.25) is 0 Å². The predicted octanol–water partition coefficient (Wildman–Crippen LogP) is 1.02. The quantitative estimate of drug-likeness (QED) is 0.287. The van der Waals surface area contributed by atoms with Crippen molar-refractivity contribution in [1.82, 2.24) is 14.8 Å². The Morgan fingerprint density at radius 1 is 1.26 bits per heavy atom. The topological polar surface area (TPSA) is 111 Å². The number of benzene rings is 1. The lowest BCUT2D eigenvalue weighted by Gasteiger charge is -2.14. The van der Waals surface area contributed by atoms with Crippen molar-refractivity contribution >= 4 is 17.0 Å². The number of fused-ring (bicyclic) bond motifs is 1. The fraction of sp³-hybridized carbons (Fsp3) is 0.214. The summed E-state index contributed by atoms with van der Waals surface area (Å²) in [5.41, 5.74) is -5.68. The average molecular weight is 387 g/mol. The Hall–Kier alpha value is -3.51. The van der Waals surface area contributed by atoms with E-state index >= 15 is 0 Å². The number of aromatic nitrogens is 5. The van der Waals surface area contributed by atoms with Gasteiger partial charge < -0.3 is 15.2 Å². The number of esters is 1. The highest BCUT2D eigenvalue weighted by molar-refractivity contribution is 5.88. The van der Waals surface area contributed by atoms with Gasteiger partial charge >= 0.3 is 23.5 Å². The summed E-state index contributed by atoms with van der Waals surface area (Å²) in [5.74, 6) is -2.74. The molecule has 1 aromatic carbocycles.